The van der Waals surface area contributed by atoms with Crippen molar-refractivity contribution >= 4 is 11.6 Å². The molecular weight excluding hydrogens is 236 g/mol. The number of anilines is 1. The molecule has 19 heavy (non-hydrogen) atoms. The van der Waals surface area contributed by atoms with E-state index in [0.717, 1.165) is 29.7 Å². The van der Waals surface area contributed by atoms with Crippen LogP contribution in [0.1, 0.15) is 37.8 Å². The Labute approximate surface area is 115 Å². The van der Waals surface area contributed by atoms with E-state index in [1.54, 1.807) is 0 Å². The van der Waals surface area contributed by atoms with Crippen molar-refractivity contribution in [3.05, 3.63) is 29.3 Å². The Morgan fingerprint density at radius 1 is 1.37 bits per heavy atom. The normalized spacial score (nSPS) is 9.95. The summed E-state index contributed by atoms with van der Waals surface area (Å²) in [5.41, 5.74) is 8.10. The van der Waals surface area contributed by atoms with Gasteiger partial charge in [0.05, 0.1) is 12.2 Å². The SMILES string of the molecule is CCC(CC)C(=O)Nc1ccc(C)cc1C#CCN. The smallest absolute Gasteiger partial charge is 0.227 e. The third kappa shape index (κ3) is 4.42. The topological polar surface area (TPSA) is 55.1 Å². The van der Waals surface area contributed by atoms with Gasteiger partial charge in [-0.05, 0) is 37.5 Å². The van der Waals surface area contributed by atoms with Crippen LogP contribution >= 0.6 is 0 Å². The van der Waals surface area contributed by atoms with Gasteiger partial charge >= 0.3 is 0 Å². The van der Waals surface area contributed by atoms with Crippen molar-refractivity contribution in [3.63, 3.8) is 0 Å². The molecule has 0 unspecified atom stereocenters. The molecule has 1 aromatic carbocycles. The van der Waals surface area contributed by atoms with E-state index in [4.69, 9.17) is 5.73 Å². The van der Waals surface area contributed by atoms with E-state index in [9.17, 15) is 4.79 Å². The van der Waals surface area contributed by atoms with Gasteiger partial charge in [0, 0.05) is 11.5 Å². The molecule has 1 rings (SSSR count). The summed E-state index contributed by atoms with van der Waals surface area (Å²) < 4.78 is 0. The molecule has 0 fully saturated rings. The van der Waals surface area contributed by atoms with Crippen molar-refractivity contribution in [2.75, 3.05) is 11.9 Å². The van der Waals surface area contributed by atoms with Gasteiger partial charge in [-0.3, -0.25) is 4.79 Å². The van der Waals surface area contributed by atoms with Gasteiger partial charge in [-0.2, -0.15) is 0 Å². The third-order valence-electron chi connectivity index (χ3n) is 3.11. The molecule has 0 aromatic heterocycles. The number of benzene rings is 1. The van der Waals surface area contributed by atoms with Crippen molar-refractivity contribution in [1.82, 2.24) is 0 Å². The monoisotopic (exact) mass is 258 g/mol. The van der Waals surface area contributed by atoms with Crippen LogP contribution in [0.15, 0.2) is 18.2 Å². The standard InChI is InChI=1S/C16H22N2O/c1-4-13(5-2)16(19)18-15-9-8-12(3)11-14(15)7-6-10-17/h8-9,11,13H,4-5,10,17H2,1-3H3,(H,18,19). The molecule has 0 atom stereocenters. The Bertz CT molecular complexity index is 493. The Kier molecular flexibility index (Phi) is 6.11. The molecule has 0 aliphatic rings. The van der Waals surface area contributed by atoms with E-state index < -0.39 is 0 Å². The highest BCUT2D eigenvalue weighted by atomic mass is 16.1. The molecule has 3 nitrogen and oxygen atoms in total. The number of aryl methyl sites for hydroxylation is 1. The maximum absolute atomic E-state index is 12.1. The Morgan fingerprint density at radius 3 is 2.63 bits per heavy atom. The van der Waals surface area contributed by atoms with Crippen LogP contribution in [0, 0.1) is 24.7 Å². The fourth-order valence-electron chi connectivity index (χ4n) is 1.91. The highest BCUT2D eigenvalue weighted by molar-refractivity contribution is 5.93. The molecule has 0 spiro atoms. The molecule has 0 aliphatic heterocycles. The van der Waals surface area contributed by atoms with Gasteiger partial charge in [-0.25, -0.2) is 0 Å². The molecule has 0 radical (unpaired) electrons. The van der Waals surface area contributed by atoms with Crippen LogP contribution in [0.3, 0.4) is 0 Å². The summed E-state index contributed by atoms with van der Waals surface area (Å²) in [6, 6.07) is 5.83. The lowest BCUT2D eigenvalue weighted by Gasteiger charge is -2.14. The lowest BCUT2D eigenvalue weighted by molar-refractivity contribution is -0.120. The number of rotatable bonds is 4. The first kappa shape index (κ1) is 15.3. The Balaban J connectivity index is 2.97. The minimum Gasteiger partial charge on any atom is -0.325 e. The van der Waals surface area contributed by atoms with Gasteiger partial charge in [0.15, 0.2) is 0 Å². The van der Waals surface area contributed by atoms with Crippen LogP contribution in [0.25, 0.3) is 0 Å². The number of carbonyl (C=O) groups is 1. The number of amides is 1. The van der Waals surface area contributed by atoms with Gasteiger partial charge in [-0.15, -0.1) is 0 Å². The second-order valence-electron chi connectivity index (χ2n) is 4.56. The number of hydrogen-bond acceptors (Lipinski definition) is 2. The summed E-state index contributed by atoms with van der Waals surface area (Å²) in [5, 5.41) is 2.97. The molecule has 0 aliphatic carbocycles. The lowest BCUT2D eigenvalue weighted by atomic mass is 10.0. The average molecular weight is 258 g/mol. The fraction of sp³-hybridized carbons (Fsp3) is 0.438. The molecule has 3 N–H and O–H groups in total. The largest absolute Gasteiger partial charge is 0.325 e. The number of hydrogen-bond donors (Lipinski definition) is 2. The predicted octanol–water partition coefficient (Wildman–Crippen LogP) is 2.68. The quantitative estimate of drug-likeness (QED) is 0.816. The maximum atomic E-state index is 12.1. The van der Waals surface area contributed by atoms with E-state index >= 15 is 0 Å². The fourth-order valence-corrected chi connectivity index (χ4v) is 1.91. The highest BCUT2D eigenvalue weighted by Crippen LogP contribution is 2.18. The Hall–Kier alpha value is -1.79. The third-order valence-corrected chi connectivity index (χ3v) is 3.11. The summed E-state index contributed by atoms with van der Waals surface area (Å²) in [7, 11) is 0. The first-order valence-corrected chi connectivity index (χ1v) is 6.72. The molecule has 3 heteroatoms. The molecule has 1 aromatic rings. The second-order valence-corrected chi connectivity index (χ2v) is 4.56. The summed E-state index contributed by atoms with van der Waals surface area (Å²) in [6.07, 6.45) is 1.69. The van der Waals surface area contributed by atoms with Gasteiger partial charge in [0.25, 0.3) is 0 Å². The summed E-state index contributed by atoms with van der Waals surface area (Å²) >= 11 is 0. The second kappa shape index (κ2) is 7.60. The number of nitrogens with one attached hydrogen (secondary N) is 1. The van der Waals surface area contributed by atoms with Crippen molar-refractivity contribution < 1.29 is 4.79 Å². The predicted molar refractivity (Wildman–Crippen MR) is 79.8 cm³/mol. The molecule has 102 valence electrons. The lowest BCUT2D eigenvalue weighted by Crippen LogP contribution is -2.22. The van der Waals surface area contributed by atoms with E-state index in [1.165, 1.54) is 0 Å². The Morgan fingerprint density at radius 2 is 2.05 bits per heavy atom. The van der Waals surface area contributed by atoms with Crippen molar-refractivity contribution in [2.45, 2.75) is 33.6 Å². The zero-order chi connectivity index (χ0) is 14.3. The van der Waals surface area contributed by atoms with Gasteiger partial charge in [0.2, 0.25) is 5.91 Å². The van der Waals surface area contributed by atoms with Crippen LogP contribution in [-0.4, -0.2) is 12.5 Å². The van der Waals surface area contributed by atoms with E-state index in [0.29, 0.717) is 6.54 Å². The highest BCUT2D eigenvalue weighted by Gasteiger charge is 2.15. The van der Waals surface area contributed by atoms with Gasteiger partial charge < -0.3 is 11.1 Å². The zero-order valence-corrected chi connectivity index (χ0v) is 11.9. The molecule has 1 amide bonds. The van der Waals surface area contributed by atoms with Crippen LogP contribution in [-0.2, 0) is 4.79 Å². The molecule has 0 saturated carbocycles. The van der Waals surface area contributed by atoms with Crippen molar-refractivity contribution in [3.8, 4) is 11.8 Å². The minimum atomic E-state index is 0.0524. The van der Waals surface area contributed by atoms with Crippen LogP contribution in [0.4, 0.5) is 5.69 Å². The molecule has 0 saturated heterocycles. The minimum absolute atomic E-state index is 0.0524. The van der Waals surface area contributed by atoms with Gasteiger partial charge in [-0.1, -0.05) is 31.8 Å². The number of carbonyl (C=O) groups excluding carboxylic acids is 1. The average Bonchev–Trinajstić information content (AvgIpc) is 2.40. The van der Waals surface area contributed by atoms with E-state index in [-0.39, 0.29) is 11.8 Å². The summed E-state index contributed by atoms with van der Waals surface area (Å²) in [4.78, 5) is 12.1. The molecular formula is C16H22N2O. The molecule has 0 heterocycles. The zero-order valence-electron chi connectivity index (χ0n) is 11.9. The van der Waals surface area contributed by atoms with Crippen molar-refractivity contribution in [2.24, 2.45) is 11.7 Å². The first-order valence-electron chi connectivity index (χ1n) is 6.72. The first-order chi connectivity index (χ1) is 9.12. The maximum Gasteiger partial charge on any atom is 0.227 e. The van der Waals surface area contributed by atoms with Crippen LogP contribution in [0.5, 0.6) is 0 Å². The van der Waals surface area contributed by atoms with Crippen LogP contribution < -0.4 is 11.1 Å². The van der Waals surface area contributed by atoms with Crippen molar-refractivity contribution in [1.29, 1.82) is 0 Å². The van der Waals surface area contributed by atoms with E-state index in [2.05, 4.69) is 17.2 Å². The summed E-state index contributed by atoms with van der Waals surface area (Å²) in [6.45, 7) is 6.37. The number of nitrogens with two attached hydrogens (primary N) is 1. The summed E-state index contributed by atoms with van der Waals surface area (Å²) in [5.74, 6) is 5.95. The van der Waals surface area contributed by atoms with Crippen LogP contribution in [0.2, 0.25) is 0 Å². The van der Waals surface area contributed by atoms with E-state index in [1.807, 2.05) is 39.0 Å². The van der Waals surface area contributed by atoms with Gasteiger partial charge in [0.1, 0.15) is 0 Å². The molecule has 0 bridgehead atoms.